The smallest absolute Gasteiger partial charge is 0.346 e. The third kappa shape index (κ3) is 2.25. The second kappa shape index (κ2) is 4.97. The van der Waals surface area contributed by atoms with Crippen LogP contribution >= 0.6 is 11.3 Å². The van der Waals surface area contributed by atoms with Gasteiger partial charge >= 0.3 is 5.97 Å². The van der Waals surface area contributed by atoms with Gasteiger partial charge in [-0.15, -0.1) is 11.3 Å². The van der Waals surface area contributed by atoms with Crippen LogP contribution in [0, 0.1) is 0 Å². The van der Waals surface area contributed by atoms with Crippen LogP contribution in [0.25, 0.3) is 10.1 Å². The molecule has 0 spiro atoms. The van der Waals surface area contributed by atoms with Crippen LogP contribution in [0.1, 0.15) is 15.2 Å². The summed E-state index contributed by atoms with van der Waals surface area (Å²) in [6.07, 6.45) is 3.57. The summed E-state index contributed by atoms with van der Waals surface area (Å²) in [5.74, 6) is -0.880. The minimum Gasteiger partial charge on any atom is -0.477 e. The molecule has 20 heavy (non-hydrogen) atoms. The first-order chi connectivity index (χ1) is 9.65. The van der Waals surface area contributed by atoms with Crippen molar-refractivity contribution < 1.29 is 9.90 Å². The van der Waals surface area contributed by atoms with Gasteiger partial charge in [0.2, 0.25) is 0 Å². The zero-order chi connectivity index (χ0) is 14.1. The maximum absolute atomic E-state index is 11.4. The van der Waals surface area contributed by atoms with Crippen LogP contribution in [-0.2, 0) is 13.6 Å². The molecule has 1 aromatic carbocycles. The van der Waals surface area contributed by atoms with Crippen molar-refractivity contribution in [2.45, 2.75) is 6.54 Å². The number of nitrogens with zero attached hydrogens (tertiary/aromatic N) is 2. The number of rotatable bonds is 4. The molecule has 2 N–H and O–H groups in total. The number of carboxylic acids is 1. The van der Waals surface area contributed by atoms with Gasteiger partial charge in [0.25, 0.3) is 0 Å². The summed E-state index contributed by atoms with van der Waals surface area (Å²) >= 11 is 1.31. The molecule has 5 nitrogen and oxygen atoms in total. The van der Waals surface area contributed by atoms with Crippen molar-refractivity contribution >= 4 is 33.1 Å². The lowest BCUT2D eigenvalue weighted by molar-refractivity contribution is 0.0701. The molecular weight excluding hydrogens is 274 g/mol. The highest BCUT2D eigenvalue weighted by Gasteiger charge is 2.17. The molecule has 0 aliphatic rings. The van der Waals surface area contributed by atoms with Gasteiger partial charge in [-0.25, -0.2) is 4.79 Å². The van der Waals surface area contributed by atoms with Gasteiger partial charge < -0.3 is 10.4 Å². The molecule has 0 unspecified atom stereocenters. The number of aromatic carboxylic acids is 1. The van der Waals surface area contributed by atoms with E-state index in [0.29, 0.717) is 11.4 Å². The van der Waals surface area contributed by atoms with E-state index in [0.717, 1.165) is 21.3 Å². The number of nitrogens with one attached hydrogen (secondary N) is 1. The standard InChI is InChI=1S/C14H13N3O2S/c1-17-8-9(6-16-17)15-7-11-10-4-2-3-5-12(10)20-13(11)14(18)19/h2-6,8,15H,7H2,1H3,(H,18,19). The Kier molecular flexibility index (Phi) is 3.15. The lowest BCUT2D eigenvalue weighted by atomic mass is 10.1. The van der Waals surface area contributed by atoms with E-state index in [1.54, 1.807) is 10.9 Å². The van der Waals surface area contributed by atoms with E-state index in [1.807, 2.05) is 37.5 Å². The van der Waals surface area contributed by atoms with Crippen LogP contribution in [0.4, 0.5) is 5.69 Å². The summed E-state index contributed by atoms with van der Waals surface area (Å²) in [5.41, 5.74) is 1.70. The van der Waals surface area contributed by atoms with E-state index in [1.165, 1.54) is 11.3 Å². The highest BCUT2D eigenvalue weighted by atomic mass is 32.1. The molecule has 0 atom stereocenters. The van der Waals surface area contributed by atoms with Crippen LogP contribution in [0.3, 0.4) is 0 Å². The highest BCUT2D eigenvalue weighted by molar-refractivity contribution is 7.21. The van der Waals surface area contributed by atoms with Gasteiger partial charge in [0.1, 0.15) is 4.88 Å². The van der Waals surface area contributed by atoms with Crippen LogP contribution in [0.2, 0.25) is 0 Å². The maximum atomic E-state index is 11.4. The van der Waals surface area contributed by atoms with Crippen LogP contribution < -0.4 is 5.32 Å². The molecule has 0 aliphatic carbocycles. The Balaban J connectivity index is 1.96. The molecular formula is C14H13N3O2S. The van der Waals surface area contributed by atoms with Crippen LogP contribution in [-0.4, -0.2) is 20.9 Å². The first kappa shape index (κ1) is 12.7. The van der Waals surface area contributed by atoms with Crippen molar-refractivity contribution in [3.05, 3.63) is 47.1 Å². The summed E-state index contributed by atoms with van der Waals surface area (Å²) in [6.45, 7) is 0.470. The van der Waals surface area contributed by atoms with Crippen LogP contribution in [0.15, 0.2) is 36.7 Å². The third-order valence-corrected chi connectivity index (χ3v) is 4.27. The van der Waals surface area contributed by atoms with E-state index in [4.69, 9.17) is 0 Å². The molecule has 3 rings (SSSR count). The molecule has 0 saturated carbocycles. The second-order valence-electron chi connectivity index (χ2n) is 4.47. The average Bonchev–Trinajstić information content (AvgIpc) is 3.00. The molecule has 0 aliphatic heterocycles. The van der Waals surface area contributed by atoms with E-state index < -0.39 is 5.97 Å². The van der Waals surface area contributed by atoms with Gasteiger partial charge in [-0.05, 0) is 11.5 Å². The van der Waals surface area contributed by atoms with E-state index in [9.17, 15) is 9.90 Å². The van der Waals surface area contributed by atoms with E-state index >= 15 is 0 Å². The minimum absolute atomic E-state index is 0.391. The average molecular weight is 287 g/mol. The summed E-state index contributed by atoms with van der Waals surface area (Å²) in [6, 6.07) is 7.75. The van der Waals surface area contributed by atoms with Gasteiger partial charge in [0, 0.05) is 30.1 Å². The number of aromatic nitrogens is 2. The molecule has 0 bridgehead atoms. The first-order valence-corrected chi connectivity index (χ1v) is 6.93. The molecule has 102 valence electrons. The fraction of sp³-hybridized carbons (Fsp3) is 0.143. The Morgan fingerprint density at radius 3 is 2.95 bits per heavy atom. The number of anilines is 1. The van der Waals surface area contributed by atoms with Crippen molar-refractivity contribution in [1.82, 2.24) is 9.78 Å². The topological polar surface area (TPSA) is 67.2 Å². The van der Waals surface area contributed by atoms with E-state index in [-0.39, 0.29) is 0 Å². The molecule has 0 fully saturated rings. The molecule has 0 amide bonds. The molecule has 6 heteroatoms. The summed E-state index contributed by atoms with van der Waals surface area (Å²) in [7, 11) is 1.84. The Morgan fingerprint density at radius 1 is 1.45 bits per heavy atom. The number of hydrogen-bond acceptors (Lipinski definition) is 4. The minimum atomic E-state index is -0.880. The van der Waals surface area contributed by atoms with Crippen molar-refractivity contribution in [3.8, 4) is 0 Å². The summed E-state index contributed by atoms with van der Waals surface area (Å²) in [5, 5.41) is 17.6. The van der Waals surface area contributed by atoms with Gasteiger partial charge in [-0.2, -0.15) is 5.10 Å². The quantitative estimate of drug-likeness (QED) is 0.774. The number of fused-ring (bicyclic) bond motifs is 1. The number of carbonyl (C=O) groups is 1. The second-order valence-corrected chi connectivity index (χ2v) is 5.52. The molecule has 2 aromatic heterocycles. The number of carboxylic acid groups (broad SMARTS) is 1. The Hall–Kier alpha value is -2.34. The lowest BCUT2D eigenvalue weighted by Gasteiger charge is -2.04. The van der Waals surface area contributed by atoms with E-state index in [2.05, 4.69) is 10.4 Å². The Morgan fingerprint density at radius 2 is 2.25 bits per heavy atom. The number of aryl methyl sites for hydroxylation is 1. The molecule has 0 saturated heterocycles. The SMILES string of the molecule is Cn1cc(NCc2c(C(=O)O)sc3ccccc23)cn1. The normalized spacial score (nSPS) is 10.8. The lowest BCUT2D eigenvalue weighted by Crippen LogP contribution is -2.04. The zero-order valence-electron chi connectivity index (χ0n) is 10.8. The monoisotopic (exact) mass is 287 g/mol. The molecule has 2 heterocycles. The van der Waals surface area contributed by atoms with Gasteiger partial charge in [0.15, 0.2) is 0 Å². The highest BCUT2D eigenvalue weighted by Crippen LogP contribution is 2.31. The van der Waals surface area contributed by atoms with Crippen molar-refractivity contribution in [3.63, 3.8) is 0 Å². The van der Waals surface area contributed by atoms with Crippen molar-refractivity contribution in [1.29, 1.82) is 0 Å². The fourth-order valence-electron chi connectivity index (χ4n) is 2.15. The van der Waals surface area contributed by atoms with Crippen LogP contribution in [0.5, 0.6) is 0 Å². The Labute approximate surface area is 119 Å². The number of hydrogen-bond donors (Lipinski definition) is 2. The predicted octanol–water partition coefficient (Wildman–Crippen LogP) is 2.95. The van der Waals surface area contributed by atoms with Crippen molar-refractivity contribution in [2.24, 2.45) is 7.05 Å². The van der Waals surface area contributed by atoms with Gasteiger partial charge in [-0.3, -0.25) is 4.68 Å². The summed E-state index contributed by atoms with van der Waals surface area (Å²) in [4.78, 5) is 11.8. The first-order valence-electron chi connectivity index (χ1n) is 6.11. The number of benzene rings is 1. The molecule has 3 aromatic rings. The van der Waals surface area contributed by atoms with Gasteiger partial charge in [-0.1, -0.05) is 18.2 Å². The van der Waals surface area contributed by atoms with Crippen molar-refractivity contribution in [2.75, 3.05) is 5.32 Å². The predicted molar refractivity (Wildman–Crippen MR) is 79.3 cm³/mol. The largest absolute Gasteiger partial charge is 0.477 e. The number of thiophene rings is 1. The maximum Gasteiger partial charge on any atom is 0.346 e. The Bertz CT molecular complexity index is 776. The zero-order valence-corrected chi connectivity index (χ0v) is 11.6. The summed E-state index contributed by atoms with van der Waals surface area (Å²) < 4.78 is 2.69. The third-order valence-electron chi connectivity index (χ3n) is 3.07. The fourth-order valence-corrected chi connectivity index (χ4v) is 3.21. The van der Waals surface area contributed by atoms with Gasteiger partial charge in [0.05, 0.1) is 11.9 Å². The molecule has 0 radical (unpaired) electrons.